The van der Waals surface area contributed by atoms with Gasteiger partial charge in [0, 0.05) is 7.05 Å². The largest absolute Gasteiger partial charge is 0.348 e. The Morgan fingerprint density at radius 1 is 1.08 bits per heavy atom. The zero-order chi connectivity index (χ0) is 18.0. The second-order valence-electron chi connectivity index (χ2n) is 6.30. The van der Waals surface area contributed by atoms with Crippen molar-refractivity contribution < 1.29 is 4.79 Å². The highest BCUT2D eigenvalue weighted by Gasteiger charge is 2.15. The number of imidazole rings is 1. The Morgan fingerprint density at radius 2 is 1.72 bits per heavy atom. The van der Waals surface area contributed by atoms with Gasteiger partial charge in [-0.2, -0.15) is 0 Å². The first-order valence-electron chi connectivity index (χ1n) is 8.53. The lowest BCUT2D eigenvalue weighted by Gasteiger charge is -2.15. The summed E-state index contributed by atoms with van der Waals surface area (Å²) in [4.78, 5) is 24.8. The molecule has 0 aliphatic rings. The van der Waals surface area contributed by atoms with Crippen LogP contribution in [0.2, 0.25) is 0 Å². The second kappa shape index (κ2) is 6.97. The van der Waals surface area contributed by atoms with Crippen LogP contribution in [0.5, 0.6) is 0 Å². The van der Waals surface area contributed by atoms with Crippen LogP contribution in [-0.4, -0.2) is 15.0 Å². The summed E-state index contributed by atoms with van der Waals surface area (Å²) in [6.07, 6.45) is 0.991. The molecule has 0 aliphatic carbocycles. The van der Waals surface area contributed by atoms with Crippen molar-refractivity contribution in [2.24, 2.45) is 7.05 Å². The number of para-hydroxylation sites is 2. The SMILES string of the molecule is CCc1ccc([C@@H](C)NC(=O)Cn2c(=O)n(C)c3ccccc32)cc1. The summed E-state index contributed by atoms with van der Waals surface area (Å²) in [6, 6.07) is 15.6. The summed E-state index contributed by atoms with van der Waals surface area (Å²) in [5, 5.41) is 2.98. The Kier molecular flexibility index (Phi) is 4.74. The maximum atomic E-state index is 12.4. The third-order valence-electron chi connectivity index (χ3n) is 4.62. The van der Waals surface area contributed by atoms with Crippen molar-refractivity contribution in [1.82, 2.24) is 14.5 Å². The Hall–Kier alpha value is -2.82. The van der Waals surface area contributed by atoms with Crippen molar-refractivity contribution in [2.45, 2.75) is 32.9 Å². The van der Waals surface area contributed by atoms with Gasteiger partial charge in [-0.15, -0.1) is 0 Å². The van der Waals surface area contributed by atoms with Gasteiger partial charge in [0.2, 0.25) is 5.91 Å². The molecule has 0 bridgehead atoms. The van der Waals surface area contributed by atoms with Crippen LogP contribution in [0.25, 0.3) is 11.0 Å². The van der Waals surface area contributed by atoms with Crippen molar-refractivity contribution in [3.8, 4) is 0 Å². The predicted molar refractivity (Wildman–Crippen MR) is 99.6 cm³/mol. The monoisotopic (exact) mass is 337 g/mol. The van der Waals surface area contributed by atoms with Gasteiger partial charge in [-0.1, -0.05) is 43.3 Å². The number of nitrogens with zero attached hydrogens (tertiary/aromatic N) is 2. The number of nitrogens with one attached hydrogen (secondary N) is 1. The van der Waals surface area contributed by atoms with E-state index in [4.69, 9.17) is 0 Å². The molecule has 0 spiro atoms. The molecule has 3 aromatic rings. The number of hydrogen-bond donors (Lipinski definition) is 1. The third kappa shape index (κ3) is 3.36. The Morgan fingerprint density at radius 3 is 2.36 bits per heavy atom. The molecule has 0 radical (unpaired) electrons. The minimum Gasteiger partial charge on any atom is -0.348 e. The summed E-state index contributed by atoms with van der Waals surface area (Å²) < 4.78 is 3.08. The first-order valence-corrected chi connectivity index (χ1v) is 8.53. The van der Waals surface area contributed by atoms with Crippen LogP contribution in [0, 0.1) is 0 Å². The molecule has 5 nitrogen and oxygen atoms in total. The van der Waals surface area contributed by atoms with Crippen LogP contribution in [0.4, 0.5) is 0 Å². The molecule has 5 heteroatoms. The summed E-state index contributed by atoms with van der Waals surface area (Å²) in [5.41, 5.74) is 3.73. The smallest absolute Gasteiger partial charge is 0.329 e. The van der Waals surface area contributed by atoms with Gasteiger partial charge in [0.05, 0.1) is 17.1 Å². The number of carbonyl (C=O) groups is 1. The molecule has 0 saturated heterocycles. The van der Waals surface area contributed by atoms with Gasteiger partial charge in [0.1, 0.15) is 6.54 Å². The average Bonchev–Trinajstić information content (AvgIpc) is 2.87. The summed E-state index contributed by atoms with van der Waals surface area (Å²) >= 11 is 0. The summed E-state index contributed by atoms with van der Waals surface area (Å²) in [7, 11) is 1.72. The quantitative estimate of drug-likeness (QED) is 0.778. The molecule has 2 aromatic carbocycles. The highest BCUT2D eigenvalue weighted by atomic mass is 16.2. The Labute approximate surface area is 146 Å². The van der Waals surface area contributed by atoms with E-state index < -0.39 is 0 Å². The first kappa shape index (κ1) is 17.0. The van der Waals surface area contributed by atoms with Gasteiger partial charge in [-0.25, -0.2) is 4.79 Å². The molecular weight excluding hydrogens is 314 g/mol. The standard InChI is InChI=1S/C20H23N3O2/c1-4-15-9-11-16(12-10-15)14(2)21-19(24)13-23-18-8-6-5-7-17(18)22(3)20(23)25/h5-12,14H,4,13H2,1-3H3,(H,21,24)/t14-/m1/s1. The maximum Gasteiger partial charge on any atom is 0.329 e. The number of aromatic nitrogens is 2. The minimum atomic E-state index is -0.184. The lowest BCUT2D eigenvalue weighted by Crippen LogP contribution is -2.34. The van der Waals surface area contributed by atoms with Gasteiger partial charge in [-0.3, -0.25) is 13.9 Å². The van der Waals surface area contributed by atoms with E-state index >= 15 is 0 Å². The summed E-state index contributed by atoms with van der Waals surface area (Å²) in [6.45, 7) is 4.07. The highest BCUT2D eigenvalue weighted by molar-refractivity contribution is 5.81. The predicted octanol–water partition coefficient (Wildman–Crippen LogP) is 2.78. The van der Waals surface area contributed by atoms with E-state index in [1.165, 1.54) is 10.1 Å². The molecule has 1 amide bonds. The van der Waals surface area contributed by atoms with Crippen LogP contribution in [0.3, 0.4) is 0 Å². The molecule has 1 aromatic heterocycles. The number of rotatable bonds is 5. The molecule has 25 heavy (non-hydrogen) atoms. The van der Waals surface area contributed by atoms with Gasteiger partial charge >= 0.3 is 5.69 Å². The van der Waals surface area contributed by atoms with Gasteiger partial charge in [0.15, 0.2) is 0 Å². The second-order valence-corrected chi connectivity index (χ2v) is 6.30. The van der Waals surface area contributed by atoms with Crippen molar-refractivity contribution in [3.05, 3.63) is 70.1 Å². The lowest BCUT2D eigenvalue weighted by atomic mass is 10.1. The zero-order valence-electron chi connectivity index (χ0n) is 14.8. The van der Waals surface area contributed by atoms with E-state index in [0.29, 0.717) is 0 Å². The van der Waals surface area contributed by atoms with Crippen LogP contribution < -0.4 is 11.0 Å². The third-order valence-corrected chi connectivity index (χ3v) is 4.62. The number of hydrogen-bond acceptors (Lipinski definition) is 2. The van der Waals surface area contributed by atoms with Crippen molar-refractivity contribution >= 4 is 16.9 Å². The van der Waals surface area contributed by atoms with E-state index in [-0.39, 0.29) is 24.2 Å². The molecular formula is C20H23N3O2. The van der Waals surface area contributed by atoms with Gasteiger partial charge < -0.3 is 5.32 Å². The number of fused-ring (bicyclic) bond motifs is 1. The molecule has 1 atom stereocenters. The maximum absolute atomic E-state index is 12.4. The van der Waals surface area contributed by atoms with Crippen LogP contribution in [0.1, 0.15) is 31.0 Å². The van der Waals surface area contributed by atoms with Gasteiger partial charge in [0.25, 0.3) is 0 Å². The fraction of sp³-hybridized carbons (Fsp3) is 0.300. The van der Waals surface area contributed by atoms with Gasteiger partial charge in [-0.05, 0) is 36.6 Å². The molecule has 0 fully saturated rings. The fourth-order valence-electron chi connectivity index (χ4n) is 3.07. The molecule has 130 valence electrons. The topological polar surface area (TPSA) is 56.0 Å². The van der Waals surface area contributed by atoms with E-state index in [2.05, 4.69) is 24.4 Å². The van der Waals surface area contributed by atoms with E-state index in [1.807, 2.05) is 43.3 Å². The minimum absolute atomic E-state index is 0.0115. The van der Waals surface area contributed by atoms with E-state index in [9.17, 15) is 9.59 Å². The molecule has 1 N–H and O–H groups in total. The average molecular weight is 337 g/mol. The number of benzene rings is 2. The first-order chi connectivity index (χ1) is 12.0. The number of carbonyl (C=O) groups excluding carboxylic acids is 1. The molecule has 0 saturated carbocycles. The zero-order valence-corrected chi connectivity index (χ0v) is 14.8. The molecule has 3 rings (SSSR count). The van der Waals surface area contributed by atoms with Crippen LogP contribution >= 0.6 is 0 Å². The molecule has 0 unspecified atom stereocenters. The fourth-order valence-corrected chi connectivity index (χ4v) is 3.07. The number of aryl methyl sites for hydroxylation is 2. The van der Waals surface area contributed by atoms with Crippen LogP contribution in [0.15, 0.2) is 53.3 Å². The van der Waals surface area contributed by atoms with Crippen molar-refractivity contribution in [3.63, 3.8) is 0 Å². The Balaban J connectivity index is 1.76. The molecule has 0 aliphatic heterocycles. The van der Waals surface area contributed by atoms with Crippen molar-refractivity contribution in [1.29, 1.82) is 0 Å². The lowest BCUT2D eigenvalue weighted by molar-refractivity contribution is -0.122. The number of amides is 1. The molecule has 1 heterocycles. The summed E-state index contributed by atoms with van der Waals surface area (Å²) in [5.74, 6) is -0.175. The highest BCUT2D eigenvalue weighted by Crippen LogP contribution is 2.15. The van der Waals surface area contributed by atoms with E-state index in [1.54, 1.807) is 11.6 Å². The normalized spacial score (nSPS) is 12.3. The van der Waals surface area contributed by atoms with E-state index in [0.717, 1.165) is 23.0 Å². The Bertz CT molecular complexity index is 951. The van der Waals surface area contributed by atoms with Crippen molar-refractivity contribution in [2.75, 3.05) is 0 Å². The van der Waals surface area contributed by atoms with Crippen LogP contribution in [-0.2, 0) is 24.8 Å².